The number of halogens is 1. The molecule has 19 heavy (non-hydrogen) atoms. The smallest absolute Gasteiger partial charge is 0.352 e. The lowest BCUT2D eigenvalue weighted by Gasteiger charge is -2.19. The summed E-state index contributed by atoms with van der Waals surface area (Å²) in [4.78, 5) is 36.6. The van der Waals surface area contributed by atoms with Crippen molar-refractivity contribution in [2.45, 2.75) is 33.0 Å². The molecular weight excluding hydrogens is 255 g/mol. The number of carboxylic acids is 1. The molecule has 1 heterocycles. The van der Waals surface area contributed by atoms with Gasteiger partial charge < -0.3 is 15.4 Å². The Morgan fingerprint density at radius 2 is 1.95 bits per heavy atom. The predicted octanol–water partition coefficient (Wildman–Crippen LogP) is 1.28. The Hall–Kier alpha value is -2.18. The van der Waals surface area contributed by atoms with Gasteiger partial charge in [0.2, 0.25) is 0 Å². The van der Waals surface area contributed by atoms with Gasteiger partial charge in [0, 0.05) is 17.3 Å². The van der Waals surface area contributed by atoms with E-state index in [0.717, 1.165) is 6.20 Å². The van der Waals surface area contributed by atoms with Crippen LogP contribution in [0.5, 0.6) is 0 Å². The molecule has 7 heteroatoms. The van der Waals surface area contributed by atoms with E-state index in [1.165, 1.54) is 0 Å². The van der Waals surface area contributed by atoms with Crippen LogP contribution >= 0.6 is 0 Å². The van der Waals surface area contributed by atoms with Crippen LogP contribution in [0.4, 0.5) is 4.39 Å². The monoisotopic (exact) mass is 270 g/mol. The summed E-state index contributed by atoms with van der Waals surface area (Å²) >= 11 is 0. The van der Waals surface area contributed by atoms with Gasteiger partial charge in [-0.1, -0.05) is 0 Å². The molecule has 0 atom stereocenters. The molecule has 1 amide bonds. The number of hydrogen-bond donors (Lipinski definition) is 3. The van der Waals surface area contributed by atoms with Crippen LogP contribution in [0.15, 0.2) is 6.20 Å². The van der Waals surface area contributed by atoms with Gasteiger partial charge in [-0.25, -0.2) is 9.18 Å². The number of ketones is 1. The van der Waals surface area contributed by atoms with E-state index in [1.807, 2.05) is 0 Å². The van der Waals surface area contributed by atoms with Crippen LogP contribution < -0.4 is 5.32 Å². The molecule has 0 unspecified atom stereocenters. The number of carbonyl (C=O) groups is 3. The third kappa shape index (κ3) is 3.40. The van der Waals surface area contributed by atoms with Gasteiger partial charge >= 0.3 is 5.97 Å². The van der Waals surface area contributed by atoms with E-state index in [-0.39, 0.29) is 11.1 Å². The Bertz CT molecular complexity index is 528. The first-order valence-electron chi connectivity index (χ1n) is 5.53. The van der Waals surface area contributed by atoms with Crippen molar-refractivity contribution in [2.24, 2.45) is 0 Å². The van der Waals surface area contributed by atoms with Crippen molar-refractivity contribution < 1.29 is 23.9 Å². The summed E-state index contributed by atoms with van der Waals surface area (Å²) in [6.07, 6.45) is 1.03. The SMILES string of the molecule is CC(C)(C)NC(=O)C(=O)c1c[nH]c(C(=O)O)c1CF. The van der Waals surface area contributed by atoms with Crippen molar-refractivity contribution in [1.29, 1.82) is 0 Å². The van der Waals surface area contributed by atoms with Gasteiger partial charge in [0.15, 0.2) is 0 Å². The van der Waals surface area contributed by atoms with Crippen LogP contribution in [0.25, 0.3) is 0 Å². The number of alkyl halides is 1. The number of amides is 1. The molecule has 0 saturated heterocycles. The molecule has 0 radical (unpaired) electrons. The lowest BCUT2D eigenvalue weighted by molar-refractivity contribution is -0.118. The minimum atomic E-state index is -1.39. The number of H-pyrrole nitrogens is 1. The highest BCUT2D eigenvalue weighted by Crippen LogP contribution is 2.17. The quantitative estimate of drug-likeness (QED) is 0.567. The largest absolute Gasteiger partial charge is 0.477 e. The average Bonchev–Trinajstić information content (AvgIpc) is 2.68. The summed E-state index contributed by atoms with van der Waals surface area (Å²) in [6.45, 7) is 3.92. The first-order chi connectivity index (χ1) is 8.67. The zero-order valence-corrected chi connectivity index (χ0v) is 10.8. The van der Waals surface area contributed by atoms with Crippen LogP contribution in [0, 0.1) is 0 Å². The molecule has 0 aliphatic carbocycles. The Labute approximate surface area is 109 Å². The third-order valence-corrected chi connectivity index (χ3v) is 2.27. The van der Waals surface area contributed by atoms with Crippen LogP contribution in [-0.2, 0) is 11.5 Å². The zero-order valence-electron chi connectivity index (χ0n) is 10.8. The molecule has 104 valence electrons. The molecule has 0 fully saturated rings. The van der Waals surface area contributed by atoms with E-state index in [2.05, 4.69) is 10.3 Å². The van der Waals surface area contributed by atoms with Crippen molar-refractivity contribution in [3.63, 3.8) is 0 Å². The second-order valence-corrected chi connectivity index (χ2v) is 5.03. The maximum atomic E-state index is 12.8. The van der Waals surface area contributed by atoms with E-state index in [4.69, 9.17) is 5.11 Å². The summed E-state index contributed by atoms with van der Waals surface area (Å²) in [5.41, 5.74) is -1.62. The van der Waals surface area contributed by atoms with E-state index >= 15 is 0 Å². The fourth-order valence-electron chi connectivity index (χ4n) is 1.51. The molecule has 1 rings (SSSR count). The zero-order chi connectivity index (χ0) is 14.8. The van der Waals surface area contributed by atoms with Gasteiger partial charge in [0.05, 0.1) is 5.56 Å². The summed E-state index contributed by atoms with van der Waals surface area (Å²) in [5.74, 6) is -3.26. The normalized spacial score (nSPS) is 11.2. The Morgan fingerprint density at radius 3 is 2.37 bits per heavy atom. The third-order valence-electron chi connectivity index (χ3n) is 2.27. The van der Waals surface area contributed by atoms with Crippen LogP contribution in [0.2, 0.25) is 0 Å². The molecule has 0 aliphatic rings. The minimum absolute atomic E-state index is 0.262. The summed E-state index contributed by atoms with van der Waals surface area (Å²) in [6, 6.07) is 0. The van der Waals surface area contributed by atoms with Gasteiger partial charge in [-0.05, 0) is 20.8 Å². The maximum absolute atomic E-state index is 12.8. The molecule has 0 bridgehead atoms. The van der Waals surface area contributed by atoms with E-state index < -0.39 is 35.6 Å². The van der Waals surface area contributed by atoms with E-state index in [1.54, 1.807) is 20.8 Å². The molecule has 3 N–H and O–H groups in total. The fourth-order valence-corrected chi connectivity index (χ4v) is 1.51. The second kappa shape index (κ2) is 5.21. The standard InChI is InChI=1S/C12H15FN2O4/c1-12(2,3)15-10(17)9(16)7-5-14-8(11(18)19)6(7)4-13/h5,14H,4H2,1-3H3,(H,15,17)(H,18,19). The van der Waals surface area contributed by atoms with Gasteiger partial charge in [0.1, 0.15) is 12.4 Å². The summed E-state index contributed by atoms with van der Waals surface area (Å²) < 4.78 is 12.8. The number of rotatable bonds is 4. The molecule has 6 nitrogen and oxygen atoms in total. The topological polar surface area (TPSA) is 99.3 Å². The van der Waals surface area contributed by atoms with Gasteiger partial charge in [-0.15, -0.1) is 0 Å². The van der Waals surface area contributed by atoms with E-state index in [0.29, 0.717) is 0 Å². The number of aromatic amines is 1. The highest BCUT2D eigenvalue weighted by Gasteiger charge is 2.27. The first kappa shape index (κ1) is 14.9. The Balaban J connectivity index is 3.07. The summed E-state index contributed by atoms with van der Waals surface area (Å²) in [5, 5.41) is 11.2. The fraction of sp³-hybridized carbons (Fsp3) is 0.417. The van der Waals surface area contributed by atoms with E-state index in [9.17, 15) is 18.8 Å². The molecule has 0 aliphatic heterocycles. The molecule has 0 saturated carbocycles. The number of aromatic carboxylic acids is 1. The minimum Gasteiger partial charge on any atom is -0.477 e. The number of hydrogen-bond acceptors (Lipinski definition) is 3. The molecular formula is C12H15FN2O4. The molecule has 1 aromatic rings. The first-order valence-corrected chi connectivity index (χ1v) is 5.53. The van der Waals surface area contributed by atoms with Crippen molar-refractivity contribution in [2.75, 3.05) is 0 Å². The molecule has 1 aromatic heterocycles. The van der Waals surface area contributed by atoms with Gasteiger partial charge in [-0.2, -0.15) is 0 Å². The Kier molecular flexibility index (Phi) is 4.08. The molecule has 0 spiro atoms. The van der Waals surface area contributed by atoms with Crippen molar-refractivity contribution in [3.05, 3.63) is 23.0 Å². The average molecular weight is 270 g/mol. The second-order valence-electron chi connectivity index (χ2n) is 5.03. The highest BCUT2D eigenvalue weighted by atomic mass is 19.1. The Morgan fingerprint density at radius 1 is 1.37 bits per heavy atom. The number of carbonyl (C=O) groups excluding carboxylic acids is 2. The number of carboxylic acid groups (broad SMARTS) is 1. The molecule has 0 aromatic carbocycles. The van der Waals surface area contributed by atoms with Crippen molar-refractivity contribution >= 4 is 17.7 Å². The number of nitrogens with one attached hydrogen (secondary N) is 2. The maximum Gasteiger partial charge on any atom is 0.352 e. The number of Topliss-reactive ketones (excluding diaryl/α,β-unsaturated/α-hetero) is 1. The highest BCUT2D eigenvalue weighted by molar-refractivity contribution is 6.43. The van der Waals surface area contributed by atoms with Crippen LogP contribution in [0.3, 0.4) is 0 Å². The van der Waals surface area contributed by atoms with Crippen molar-refractivity contribution in [3.8, 4) is 0 Å². The predicted molar refractivity (Wildman–Crippen MR) is 64.8 cm³/mol. The van der Waals surface area contributed by atoms with Gasteiger partial charge in [0.25, 0.3) is 11.7 Å². The lowest BCUT2D eigenvalue weighted by atomic mass is 10.0. The van der Waals surface area contributed by atoms with Crippen LogP contribution in [-0.4, -0.2) is 33.3 Å². The van der Waals surface area contributed by atoms with Crippen molar-refractivity contribution in [1.82, 2.24) is 10.3 Å². The number of aromatic nitrogens is 1. The van der Waals surface area contributed by atoms with Crippen LogP contribution in [0.1, 0.15) is 47.2 Å². The lowest BCUT2D eigenvalue weighted by Crippen LogP contribution is -2.44. The summed E-state index contributed by atoms with van der Waals surface area (Å²) in [7, 11) is 0. The van der Waals surface area contributed by atoms with Gasteiger partial charge in [-0.3, -0.25) is 9.59 Å².